The Morgan fingerprint density at radius 1 is 0.611 bits per heavy atom. The number of nitrogens with zero attached hydrogens (tertiary/aromatic N) is 4. The molecular weight excluding hydrogens is 358 g/mol. The van der Waals surface area contributed by atoms with E-state index >= 15 is 0 Å². The summed E-state index contributed by atoms with van der Waals surface area (Å²) in [4.78, 5) is 0. The number of rotatable bonds is 0. The monoisotopic (exact) mass is 368 g/mol. The van der Waals surface area contributed by atoms with E-state index in [1.807, 2.05) is 36.4 Å². The van der Waals surface area contributed by atoms with Crippen molar-refractivity contribution >= 4 is 49.0 Å². The first-order valence-electron chi connectivity index (χ1n) is 5.28. The van der Waals surface area contributed by atoms with Crippen LogP contribution in [0.15, 0.2) is 48.5 Å². The van der Waals surface area contributed by atoms with Crippen LogP contribution in [0.1, 0.15) is 0 Å². The molecule has 4 rings (SSSR count). The van der Waals surface area contributed by atoms with Gasteiger partial charge in [0.15, 0.2) is 0 Å². The molecule has 0 aliphatic heterocycles. The summed E-state index contributed by atoms with van der Waals surface area (Å²) in [5.74, 6) is 0. The van der Waals surface area contributed by atoms with Crippen LogP contribution in [0.4, 0.5) is 0 Å². The van der Waals surface area contributed by atoms with Crippen molar-refractivity contribution in [2.24, 2.45) is 0 Å². The van der Waals surface area contributed by atoms with E-state index in [2.05, 4.69) is 30.5 Å². The van der Waals surface area contributed by atoms with Crippen LogP contribution in [0.3, 0.4) is 0 Å². The molecule has 0 atom stereocenters. The summed E-state index contributed by atoms with van der Waals surface area (Å²) in [6.07, 6.45) is 0. The molecule has 0 fully saturated rings. The standard InChI is InChI=1S/2C6H4N2Se/c2*1-2-4-6-5(3-1)7-8-9-6/h2*1-4H. The van der Waals surface area contributed by atoms with Gasteiger partial charge < -0.3 is 0 Å². The Morgan fingerprint density at radius 2 is 1.06 bits per heavy atom. The van der Waals surface area contributed by atoms with E-state index in [9.17, 15) is 0 Å². The van der Waals surface area contributed by atoms with Crippen molar-refractivity contribution in [2.45, 2.75) is 0 Å². The molecule has 0 N–H and O–H groups in total. The molecule has 2 heterocycles. The van der Waals surface area contributed by atoms with Crippen molar-refractivity contribution < 1.29 is 0 Å². The number of aromatic nitrogens is 4. The van der Waals surface area contributed by atoms with E-state index in [1.165, 1.54) is 8.52 Å². The molecule has 0 spiro atoms. The van der Waals surface area contributed by atoms with Crippen LogP contribution in [0.2, 0.25) is 0 Å². The topological polar surface area (TPSA) is 51.6 Å². The van der Waals surface area contributed by atoms with E-state index in [0.29, 0.717) is 0 Å². The van der Waals surface area contributed by atoms with Crippen molar-refractivity contribution in [2.75, 3.05) is 0 Å². The Bertz CT molecular complexity index is 636. The Labute approximate surface area is 116 Å². The maximum atomic E-state index is 3.95. The van der Waals surface area contributed by atoms with Gasteiger partial charge in [-0.25, -0.2) is 0 Å². The molecule has 0 saturated heterocycles. The molecular formula is C12H8N4Se2. The Kier molecular flexibility index (Phi) is 3.62. The van der Waals surface area contributed by atoms with Gasteiger partial charge in [0.1, 0.15) is 0 Å². The summed E-state index contributed by atoms with van der Waals surface area (Å²) in [7, 11) is 0. The minimum absolute atomic E-state index is 0.261. The van der Waals surface area contributed by atoms with Gasteiger partial charge >= 0.3 is 116 Å². The number of hydrogen-bond acceptors (Lipinski definition) is 4. The predicted octanol–water partition coefficient (Wildman–Crippen LogP) is 1.37. The Hall–Kier alpha value is -1.32. The fourth-order valence-electron chi connectivity index (χ4n) is 1.45. The molecule has 4 nitrogen and oxygen atoms in total. The summed E-state index contributed by atoms with van der Waals surface area (Å²) < 4.78 is 10.5. The third-order valence-electron chi connectivity index (χ3n) is 2.31. The van der Waals surface area contributed by atoms with E-state index in [0.717, 1.165) is 11.0 Å². The third kappa shape index (κ3) is 2.57. The fraction of sp³-hybridized carbons (Fsp3) is 0. The average Bonchev–Trinajstić information content (AvgIpc) is 3.08. The van der Waals surface area contributed by atoms with Gasteiger partial charge in [-0.05, 0) is 0 Å². The quantitative estimate of drug-likeness (QED) is 0.441. The van der Waals surface area contributed by atoms with Crippen LogP contribution in [-0.4, -0.2) is 47.9 Å². The summed E-state index contributed by atoms with van der Waals surface area (Å²) >= 11 is 0.521. The molecule has 4 aromatic rings. The van der Waals surface area contributed by atoms with Gasteiger partial charge in [-0.1, -0.05) is 0 Å². The molecule has 0 amide bonds. The van der Waals surface area contributed by atoms with E-state index in [4.69, 9.17) is 0 Å². The zero-order valence-corrected chi connectivity index (χ0v) is 12.7. The zero-order valence-electron chi connectivity index (χ0n) is 9.22. The molecule has 0 saturated carbocycles. The molecule has 2 aromatic heterocycles. The first-order chi connectivity index (χ1) is 8.93. The Morgan fingerprint density at radius 3 is 1.50 bits per heavy atom. The first-order valence-corrected chi connectivity index (χ1v) is 8.52. The molecule has 0 unspecified atom stereocenters. The number of benzene rings is 2. The maximum absolute atomic E-state index is 3.95. The molecule has 0 aliphatic rings. The summed E-state index contributed by atoms with van der Waals surface area (Å²) in [6.45, 7) is 0. The SMILES string of the molecule is c1ccc2[se]nnc2c1.c1ccc2[se]nnc2c1. The van der Waals surface area contributed by atoms with Crippen LogP contribution in [-0.2, 0) is 0 Å². The summed E-state index contributed by atoms with van der Waals surface area (Å²) in [5.41, 5.74) is 2.11. The fourth-order valence-corrected chi connectivity index (χ4v) is 3.79. The molecule has 0 radical (unpaired) electrons. The van der Waals surface area contributed by atoms with Gasteiger partial charge in [0.2, 0.25) is 0 Å². The van der Waals surface area contributed by atoms with Crippen molar-refractivity contribution in [3.05, 3.63) is 48.5 Å². The van der Waals surface area contributed by atoms with Crippen LogP contribution in [0, 0.1) is 0 Å². The second-order valence-corrected chi connectivity index (χ2v) is 6.78. The molecule has 0 aliphatic carbocycles. The van der Waals surface area contributed by atoms with Gasteiger partial charge in [-0.15, -0.1) is 0 Å². The van der Waals surface area contributed by atoms with Crippen LogP contribution in [0.5, 0.6) is 0 Å². The average molecular weight is 366 g/mol. The molecule has 88 valence electrons. The summed E-state index contributed by atoms with van der Waals surface area (Å²) in [5, 5.41) is 7.90. The number of fused-ring (bicyclic) bond motifs is 2. The second kappa shape index (κ2) is 5.55. The predicted molar refractivity (Wildman–Crippen MR) is 73.0 cm³/mol. The third-order valence-corrected chi connectivity index (χ3v) is 5.27. The van der Waals surface area contributed by atoms with E-state index < -0.39 is 0 Å². The molecule has 2 aromatic carbocycles. The van der Waals surface area contributed by atoms with Crippen molar-refractivity contribution in [3.8, 4) is 0 Å². The van der Waals surface area contributed by atoms with Crippen molar-refractivity contribution in [1.82, 2.24) is 18.4 Å². The van der Waals surface area contributed by atoms with Gasteiger partial charge in [0.05, 0.1) is 0 Å². The van der Waals surface area contributed by atoms with Crippen LogP contribution >= 0.6 is 0 Å². The van der Waals surface area contributed by atoms with Gasteiger partial charge in [-0.3, -0.25) is 0 Å². The van der Waals surface area contributed by atoms with Gasteiger partial charge in [-0.2, -0.15) is 0 Å². The van der Waals surface area contributed by atoms with Crippen LogP contribution in [0.25, 0.3) is 19.6 Å². The molecule has 6 heteroatoms. The van der Waals surface area contributed by atoms with E-state index in [1.54, 1.807) is 0 Å². The van der Waals surface area contributed by atoms with E-state index in [-0.39, 0.29) is 29.5 Å². The van der Waals surface area contributed by atoms with Gasteiger partial charge in [0.25, 0.3) is 0 Å². The summed E-state index contributed by atoms with van der Waals surface area (Å²) in [6, 6.07) is 16.2. The van der Waals surface area contributed by atoms with Crippen LogP contribution < -0.4 is 0 Å². The van der Waals surface area contributed by atoms with Crippen molar-refractivity contribution in [3.63, 3.8) is 0 Å². The normalized spacial score (nSPS) is 10.2. The number of hydrogen-bond donors (Lipinski definition) is 0. The first kappa shape index (κ1) is 11.8. The second-order valence-electron chi connectivity index (χ2n) is 3.48. The minimum atomic E-state index is 0.261. The zero-order chi connectivity index (χ0) is 12.2. The molecule has 18 heavy (non-hydrogen) atoms. The Balaban J connectivity index is 0.000000111. The van der Waals surface area contributed by atoms with Gasteiger partial charge in [0, 0.05) is 0 Å². The van der Waals surface area contributed by atoms with Crippen molar-refractivity contribution in [1.29, 1.82) is 0 Å². The molecule has 0 bridgehead atoms.